The maximum atomic E-state index is 10.6. The molecule has 0 saturated carbocycles. The first kappa shape index (κ1) is 9.47. The summed E-state index contributed by atoms with van der Waals surface area (Å²) in [6.45, 7) is 3.50. The van der Waals surface area contributed by atoms with E-state index in [9.17, 15) is 4.79 Å². The molecule has 12 heavy (non-hydrogen) atoms. The number of carbonyl (C=O) groups is 1. The monoisotopic (exact) mass is 203 g/mol. The Kier molecular flexibility index (Phi) is 3.48. The van der Waals surface area contributed by atoms with E-state index in [1.807, 2.05) is 6.92 Å². The van der Waals surface area contributed by atoms with E-state index in [-0.39, 0.29) is 5.91 Å². The Hall–Kier alpha value is -0.620. The summed E-state index contributed by atoms with van der Waals surface area (Å²) < 4.78 is 0.890. The van der Waals surface area contributed by atoms with Crippen LogP contribution in [-0.2, 0) is 4.79 Å². The molecule has 1 heterocycles. The molecule has 0 aromatic carbocycles. The lowest BCUT2D eigenvalue weighted by Gasteiger charge is -1.90. The lowest BCUT2D eigenvalue weighted by atomic mass is 10.7. The molecule has 0 aliphatic heterocycles. The van der Waals surface area contributed by atoms with Gasteiger partial charge in [-0.15, -0.1) is 10.2 Å². The highest BCUT2D eigenvalue weighted by molar-refractivity contribution is 8.01. The van der Waals surface area contributed by atoms with Gasteiger partial charge in [-0.25, -0.2) is 0 Å². The Bertz CT molecular complexity index is 274. The van der Waals surface area contributed by atoms with Gasteiger partial charge in [0, 0.05) is 6.92 Å². The Balaban J connectivity index is 2.58. The van der Waals surface area contributed by atoms with Crippen molar-refractivity contribution in [1.82, 2.24) is 10.2 Å². The van der Waals surface area contributed by atoms with Gasteiger partial charge in [0.2, 0.25) is 11.0 Å². The lowest BCUT2D eigenvalue weighted by Crippen LogP contribution is -2.04. The zero-order valence-electron chi connectivity index (χ0n) is 6.83. The summed E-state index contributed by atoms with van der Waals surface area (Å²) >= 11 is 3.01. The van der Waals surface area contributed by atoms with E-state index >= 15 is 0 Å². The van der Waals surface area contributed by atoms with E-state index in [1.165, 1.54) is 18.3 Å². The maximum Gasteiger partial charge on any atom is 0.223 e. The molecule has 0 atom stereocenters. The Morgan fingerprint density at radius 2 is 2.42 bits per heavy atom. The van der Waals surface area contributed by atoms with Crippen LogP contribution in [0.5, 0.6) is 0 Å². The van der Waals surface area contributed by atoms with Gasteiger partial charge in [-0.2, -0.15) is 0 Å². The van der Waals surface area contributed by atoms with Crippen molar-refractivity contribution in [3.05, 3.63) is 0 Å². The summed E-state index contributed by atoms with van der Waals surface area (Å²) in [4.78, 5) is 10.6. The second kappa shape index (κ2) is 4.42. The van der Waals surface area contributed by atoms with E-state index in [2.05, 4.69) is 15.5 Å². The number of aromatic nitrogens is 2. The molecule has 1 aromatic heterocycles. The number of hydrogen-bond acceptors (Lipinski definition) is 5. The molecule has 0 spiro atoms. The van der Waals surface area contributed by atoms with Gasteiger partial charge >= 0.3 is 0 Å². The van der Waals surface area contributed by atoms with Gasteiger partial charge < -0.3 is 5.32 Å². The van der Waals surface area contributed by atoms with E-state index in [0.29, 0.717) is 5.13 Å². The van der Waals surface area contributed by atoms with Crippen LogP contribution in [0.4, 0.5) is 5.13 Å². The molecule has 1 rings (SSSR count). The maximum absolute atomic E-state index is 10.6. The van der Waals surface area contributed by atoms with Crippen LogP contribution in [0.2, 0.25) is 0 Å². The number of nitrogens with one attached hydrogen (secondary N) is 1. The van der Waals surface area contributed by atoms with Crippen LogP contribution in [-0.4, -0.2) is 21.9 Å². The molecule has 0 saturated heterocycles. The third-order valence-electron chi connectivity index (χ3n) is 0.957. The fourth-order valence-electron chi connectivity index (χ4n) is 0.593. The second-order valence-electron chi connectivity index (χ2n) is 1.99. The van der Waals surface area contributed by atoms with Crippen molar-refractivity contribution in [1.29, 1.82) is 0 Å². The number of nitrogens with zero attached hydrogens (tertiary/aromatic N) is 2. The molecule has 1 amide bonds. The standard InChI is InChI=1S/C6H9N3OS2/c1-3-11-6-9-8-5(12-6)7-4(2)10/h3H2,1-2H3,(H,7,8,10). The van der Waals surface area contributed by atoms with Crippen LogP contribution in [0.1, 0.15) is 13.8 Å². The predicted molar refractivity (Wildman–Crippen MR) is 50.6 cm³/mol. The van der Waals surface area contributed by atoms with Crippen molar-refractivity contribution in [3.8, 4) is 0 Å². The van der Waals surface area contributed by atoms with E-state index in [4.69, 9.17) is 0 Å². The van der Waals surface area contributed by atoms with Gasteiger partial charge in [-0.3, -0.25) is 4.79 Å². The van der Waals surface area contributed by atoms with Crippen molar-refractivity contribution in [2.45, 2.75) is 18.2 Å². The number of amides is 1. The molecular formula is C6H9N3OS2. The average molecular weight is 203 g/mol. The molecular weight excluding hydrogens is 194 g/mol. The van der Waals surface area contributed by atoms with Crippen LogP contribution < -0.4 is 5.32 Å². The number of hydrogen-bond donors (Lipinski definition) is 1. The number of thioether (sulfide) groups is 1. The largest absolute Gasteiger partial charge is 0.301 e. The first-order chi connectivity index (χ1) is 5.72. The molecule has 0 fully saturated rings. The predicted octanol–water partition coefficient (Wildman–Crippen LogP) is 1.61. The number of rotatable bonds is 3. The van der Waals surface area contributed by atoms with Crippen LogP contribution >= 0.6 is 23.1 Å². The van der Waals surface area contributed by atoms with Crippen LogP contribution in [0.15, 0.2) is 4.34 Å². The normalized spacial score (nSPS) is 9.83. The van der Waals surface area contributed by atoms with Crippen molar-refractivity contribution in [2.75, 3.05) is 11.1 Å². The van der Waals surface area contributed by atoms with Crippen LogP contribution in [0.3, 0.4) is 0 Å². The zero-order valence-corrected chi connectivity index (χ0v) is 8.46. The van der Waals surface area contributed by atoms with Gasteiger partial charge in [0.15, 0.2) is 4.34 Å². The van der Waals surface area contributed by atoms with Crippen molar-refractivity contribution >= 4 is 34.1 Å². The quantitative estimate of drug-likeness (QED) is 0.599. The average Bonchev–Trinajstić information content (AvgIpc) is 2.36. The highest BCUT2D eigenvalue weighted by atomic mass is 32.2. The first-order valence-corrected chi connectivity index (χ1v) is 5.26. The minimum Gasteiger partial charge on any atom is -0.301 e. The third kappa shape index (κ3) is 2.78. The summed E-state index contributed by atoms with van der Waals surface area (Å²) in [6.07, 6.45) is 0. The van der Waals surface area contributed by atoms with E-state index in [0.717, 1.165) is 10.1 Å². The first-order valence-electron chi connectivity index (χ1n) is 3.46. The lowest BCUT2D eigenvalue weighted by molar-refractivity contribution is -0.114. The fraction of sp³-hybridized carbons (Fsp3) is 0.500. The smallest absolute Gasteiger partial charge is 0.223 e. The summed E-state index contributed by atoms with van der Waals surface area (Å²) in [5.41, 5.74) is 0. The second-order valence-corrected chi connectivity index (χ2v) is 4.48. The van der Waals surface area contributed by atoms with E-state index in [1.54, 1.807) is 11.8 Å². The SMILES string of the molecule is CCSc1nnc(NC(C)=O)s1. The molecule has 0 radical (unpaired) electrons. The molecule has 0 unspecified atom stereocenters. The van der Waals surface area contributed by atoms with E-state index < -0.39 is 0 Å². The highest BCUT2D eigenvalue weighted by Crippen LogP contribution is 2.24. The van der Waals surface area contributed by atoms with Crippen LogP contribution in [0, 0.1) is 0 Å². The molecule has 1 N–H and O–H groups in total. The Morgan fingerprint density at radius 3 is 3.00 bits per heavy atom. The molecule has 1 aromatic rings. The van der Waals surface area contributed by atoms with Crippen LogP contribution in [0.25, 0.3) is 0 Å². The minimum absolute atomic E-state index is 0.112. The molecule has 6 heteroatoms. The molecule has 0 bridgehead atoms. The molecule has 0 aliphatic carbocycles. The zero-order chi connectivity index (χ0) is 8.97. The van der Waals surface area contributed by atoms with Gasteiger partial charge in [-0.05, 0) is 5.75 Å². The summed E-state index contributed by atoms with van der Waals surface area (Å²) in [5.74, 6) is 0.855. The van der Waals surface area contributed by atoms with Crippen molar-refractivity contribution < 1.29 is 4.79 Å². The summed E-state index contributed by atoms with van der Waals surface area (Å²) in [6, 6.07) is 0. The third-order valence-corrected chi connectivity index (χ3v) is 2.81. The summed E-state index contributed by atoms with van der Waals surface area (Å²) in [7, 11) is 0. The highest BCUT2D eigenvalue weighted by Gasteiger charge is 2.03. The number of anilines is 1. The molecule has 4 nitrogen and oxygen atoms in total. The Morgan fingerprint density at radius 1 is 1.67 bits per heavy atom. The molecule has 0 aliphatic rings. The van der Waals surface area contributed by atoms with Gasteiger partial charge in [0.25, 0.3) is 0 Å². The van der Waals surface area contributed by atoms with Gasteiger partial charge in [0.05, 0.1) is 0 Å². The molecule has 66 valence electrons. The fourth-order valence-corrected chi connectivity index (χ4v) is 2.29. The van der Waals surface area contributed by atoms with Gasteiger partial charge in [0.1, 0.15) is 0 Å². The van der Waals surface area contributed by atoms with Crippen molar-refractivity contribution in [3.63, 3.8) is 0 Å². The van der Waals surface area contributed by atoms with Gasteiger partial charge in [-0.1, -0.05) is 30.0 Å². The Labute approximate surface area is 78.8 Å². The summed E-state index contributed by atoms with van der Waals surface area (Å²) in [5, 5.41) is 10.8. The minimum atomic E-state index is -0.112. The van der Waals surface area contributed by atoms with Crippen molar-refractivity contribution in [2.24, 2.45) is 0 Å². The topological polar surface area (TPSA) is 54.9 Å². The number of carbonyl (C=O) groups excluding carboxylic acids is 1.